The largest absolute Gasteiger partial charge is 1.00 e. The first-order valence-electron chi connectivity index (χ1n) is 2.76. The monoisotopic (exact) mass is 118 g/mol. The van der Waals surface area contributed by atoms with Gasteiger partial charge in [0.15, 0.2) is 0 Å². The Labute approximate surface area is 71.2 Å². The zero-order valence-electron chi connectivity index (χ0n) is 6.91. The van der Waals surface area contributed by atoms with Gasteiger partial charge in [-0.15, -0.1) is 0 Å². The molecule has 0 aliphatic heterocycles. The molecule has 0 aromatic heterocycles. The Balaban J connectivity index is -0.0000000800. The maximum Gasteiger partial charge on any atom is 1.00 e. The normalized spacial score (nSPS) is 5.67. The third-order valence-corrected chi connectivity index (χ3v) is 0.348. The maximum atomic E-state index is 3.56. The second-order valence-corrected chi connectivity index (χ2v) is 1.55. The van der Waals surface area contributed by atoms with E-state index < -0.39 is 0 Å². The molecule has 0 N–H and O–H groups in total. The Morgan fingerprint density at radius 1 is 1.67 bits per heavy atom. The zero-order chi connectivity index (χ0) is 6.99. The molecule has 0 atom stereocenters. The summed E-state index contributed by atoms with van der Waals surface area (Å²) in [5.74, 6) is 0. The Hall–Kier alpha value is 0.0774. The van der Waals surface area contributed by atoms with Crippen LogP contribution in [0.25, 0.3) is 0 Å². The molecule has 0 heterocycles. The number of hydrogen-bond acceptors (Lipinski definition) is 0. The van der Waals surface area contributed by atoms with Crippen LogP contribution >= 0.6 is 0 Å². The Morgan fingerprint density at radius 2 is 1.78 bits per heavy atom. The molecule has 0 aromatic carbocycles. The predicted molar refractivity (Wildman–Crippen MR) is 40.7 cm³/mol. The van der Waals surface area contributed by atoms with Gasteiger partial charge in [0.1, 0.15) is 0 Å². The molecule has 0 amide bonds. The van der Waals surface area contributed by atoms with Crippen molar-refractivity contribution in [3.05, 3.63) is 31.7 Å². The molecule has 0 unspecified atom stereocenters. The van der Waals surface area contributed by atoms with Crippen LogP contribution in [0.15, 0.2) is 24.8 Å². The van der Waals surface area contributed by atoms with Gasteiger partial charge in [0.2, 0.25) is 0 Å². The summed E-state index contributed by atoms with van der Waals surface area (Å²) in [4.78, 5) is 0. The molecule has 9 heavy (non-hydrogen) atoms. The van der Waals surface area contributed by atoms with Crippen LogP contribution in [0.5, 0.6) is 0 Å². The average molecular weight is 118 g/mol. The van der Waals surface area contributed by atoms with Gasteiger partial charge in [-0.1, -0.05) is 31.7 Å². The van der Waals surface area contributed by atoms with Gasteiger partial charge in [-0.25, -0.2) is 0 Å². The summed E-state index contributed by atoms with van der Waals surface area (Å²) in [6, 6.07) is 0. The van der Waals surface area contributed by atoms with Crippen LogP contribution in [0.3, 0.4) is 0 Å². The van der Waals surface area contributed by atoms with Crippen molar-refractivity contribution >= 4 is 0 Å². The Morgan fingerprint density at radius 3 is 1.78 bits per heavy atom. The van der Waals surface area contributed by atoms with Crippen molar-refractivity contribution in [1.29, 1.82) is 0 Å². The second kappa shape index (κ2) is 15.7. The molecule has 0 bridgehead atoms. The van der Waals surface area contributed by atoms with Crippen LogP contribution < -0.4 is 18.9 Å². The van der Waals surface area contributed by atoms with E-state index >= 15 is 0 Å². The van der Waals surface area contributed by atoms with E-state index in [4.69, 9.17) is 0 Å². The topological polar surface area (TPSA) is 0 Å². The smallest absolute Gasteiger partial charge is 0.344 e. The van der Waals surface area contributed by atoms with Crippen molar-refractivity contribution in [2.75, 3.05) is 0 Å². The number of hydrogen-bond donors (Lipinski definition) is 0. The summed E-state index contributed by atoms with van der Waals surface area (Å²) in [5, 5.41) is 0. The molecule has 0 saturated carbocycles. The molecule has 0 saturated heterocycles. The van der Waals surface area contributed by atoms with Gasteiger partial charge in [-0.2, -0.15) is 6.42 Å². The van der Waals surface area contributed by atoms with E-state index in [9.17, 15) is 0 Å². The molecule has 48 valence electrons. The number of rotatable bonds is 1. The summed E-state index contributed by atoms with van der Waals surface area (Å²) in [7, 11) is 0. The van der Waals surface area contributed by atoms with Crippen molar-refractivity contribution in [2.24, 2.45) is 0 Å². The number of allylic oxidation sites excluding steroid dienone is 2. The average Bonchev–Trinajstić information content (AvgIpc) is 1.69. The van der Waals surface area contributed by atoms with E-state index in [1.54, 1.807) is 6.08 Å². The molecular weight excluding hydrogens is 103 g/mol. The van der Waals surface area contributed by atoms with Gasteiger partial charge in [-0.3, -0.25) is 0 Å². The fourth-order valence-corrected chi connectivity index (χ4v) is 0. The molecular formula is C8H15Li. The van der Waals surface area contributed by atoms with Gasteiger partial charge >= 0.3 is 18.9 Å². The van der Waals surface area contributed by atoms with Crippen molar-refractivity contribution in [2.45, 2.75) is 20.3 Å². The van der Waals surface area contributed by atoms with Gasteiger partial charge in [0, 0.05) is 0 Å². The fourth-order valence-electron chi connectivity index (χ4n) is 0. The molecule has 0 aliphatic carbocycles. The molecule has 0 aromatic rings. The SMILES string of the molecule is C=CC(=C)C.[CH2-]CC.[Li+]. The van der Waals surface area contributed by atoms with Gasteiger partial charge in [0.25, 0.3) is 0 Å². The summed E-state index contributed by atoms with van der Waals surface area (Å²) < 4.78 is 0. The van der Waals surface area contributed by atoms with Crippen LogP contribution in [-0.4, -0.2) is 0 Å². The maximum absolute atomic E-state index is 3.56. The summed E-state index contributed by atoms with van der Waals surface area (Å²) >= 11 is 0. The van der Waals surface area contributed by atoms with Crippen molar-refractivity contribution in [3.8, 4) is 0 Å². The first-order chi connectivity index (χ1) is 3.68. The van der Waals surface area contributed by atoms with E-state index in [2.05, 4.69) is 20.1 Å². The van der Waals surface area contributed by atoms with Crippen LogP contribution in [0.4, 0.5) is 0 Å². The predicted octanol–water partition coefficient (Wildman–Crippen LogP) is -0.0170. The summed E-state index contributed by atoms with van der Waals surface area (Å²) in [5.41, 5.74) is 1.02. The van der Waals surface area contributed by atoms with Crippen LogP contribution in [0.1, 0.15) is 20.3 Å². The van der Waals surface area contributed by atoms with Crippen molar-refractivity contribution in [1.82, 2.24) is 0 Å². The van der Waals surface area contributed by atoms with E-state index in [0.717, 1.165) is 12.0 Å². The van der Waals surface area contributed by atoms with Crippen molar-refractivity contribution in [3.63, 3.8) is 0 Å². The van der Waals surface area contributed by atoms with Crippen LogP contribution in [-0.2, 0) is 0 Å². The van der Waals surface area contributed by atoms with Crippen molar-refractivity contribution < 1.29 is 18.9 Å². The zero-order valence-corrected chi connectivity index (χ0v) is 6.91. The minimum absolute atomic E-state index is 0. The third kappa shape index (κ3) is 69.1. The first-order valence-corrected chi connectivity index (χ1v) is 2.76. The standard InChI is InChI=1S/C5H8.C3H7.Li/c1-4-5(2)3;1-3-2;/h4H,1-2H2,3H3;1,3H2,2H3;/q;-1;+1. The van der Waals surface area contributed by atoms with E-state index in [-0.39, 0.29) is 18.9 Å². The minimum atomic E-state index is 0. The molecule has 1 heteroatoms. The first kappa shape index (κ1) is 16.0. The van der Waals surface area contributed by atoms with Gasteiger partial charge in [0.05, 0.1) is 0 Å². The molecule has 0 nitrogen and oxygen atoms in total. The van der Waals surface area contributed by atoms with Gasteiger partial charge in [-0.05, 0) is 6.92 Å². The van der Waals surface area contributed by atoms with E-state index in [1.807, 2.05) is 13.8 Å². The van der Waals surface area contributed by atoms with Gasteiger partial charge < -0.3 is 6.92 Å². The quantitative estimate of drug-likeness (QED) is 0.258. The second-order valence-electron chi connectivity index (χ2n) is 1.55. The summed E-state index contributed by atoms with van der Waals surface area (Å²) in [6.07, 6.45) is 2.72. The van der Waals surface area contributed by atoms with E-state index in [1.165, 1.54) is 0 Å². The van der Waals surface area contributed by atoms with Crippen LogP contribution in [0, 0.1) is 6.92 Å². The Kier molecular flexibility index (Phi) is 28.0. The fraction of sp³-hybridized carbons (Fsp3) is 0.375. The molecule has 0 spiro atoms. The molecule has 0 radical (unpaired) electrons. The van der Waals surface area contributed by atoms with Crippen LogP contribution in [0.2, 0.25) is 0 Å². The Bertz CT molecular complexity index is 65.0. The molecule has 0 rings (SSSR count). The van der Waals surface area contributed by atoms with E-state index in [0.29, 0.717) is 0 Å². The summed E-state index contributed by atoms with van der Waals surface area (Å²) in [6.45, 7) is 14.4. The minimum Gasteiger partial charge on any atom is -0.344 e. The molecule has 0 aliphatic rings. The molecule has 0 fully saturated rings. The third-order valence-electron chi connectivity index (χ3n) is 0.348.